The van der Waals surface area contributed by atoms with Gasteiger partial charge in [0.1, 0.15) is 5.82 Å². The number of hydrogen-bond donors (Lipinski definition) is 3. The van der Waals surface area contributed by atoms with Crippen LogP contribution in [0.25, 0.3) is 0 Å². The summed E-state index contributed by atoms with van der Waals surface area (Å²) in [6, 6.07) is 9.00. The van der Waals surface area contributed by atoms with Crippen molar-refractivity contribution in [3.05, 3.63) is 53.6 Å². The fourth-order valence-electron chi connectivity index (χ4n) is 1.81. The van der Waals surface area contributed by atoms with E-state index in [2.05, 4.69) is 20.6 Å². The summed E-state index contributed by atoms with van der Waals surface area (Å²) in [7, 11) is 0. The Labute approximate surface area is 123 Å². The molecule has 0 fully saturated rings. The maximum Gasteiger partial charge on any atom is 0.251 e. The minimum atomic E-state index is -0.193. The highest BCUT2D eigenvalue weighted by Crippen LogP contribution is 2.10. The maximum atomic E-state index is 11.7. The van der Waals surface area contributed by atoms with Crippen LogP contribution in [0.1, 0.15) is 21.9 Å². The molecule has 1 amide bonds. The minimum Gasteiger partial charge on any atom is -0.395 e. The quantitative estimate of drug-likeness (QED) is 0.740. The Morgan fingerprint density at radius 2 is 2.00 bits per heavy atom. The Morgan fingerprint density at radius 1 is 1.24 bits per heavy atom. The van der Waals surface area contributed by atoms with Crippen LogP contribution in [0.2, 0.25) is 0 Å². The van der Waals surface area contributed by atoms with Crippen LogP contribution in [-0.2, 0) is 6.54 Å². The first kappa shape index (κ1) is 14.9. The van der Waals surface area contributed by atoms with Crippen molar-refractivity contribution in [1.29, 1.82) is 0 Å². The smallest absolute Gasteiger partial charge is 0.251 e. The number of aliphatic hydroxyl groups is 1. The number of carbonyl (C=O) groups is 1. The summed E-state index contributed by atoms with van der Waals surface area (Å²) in [6.07, 6.45) is 1.73. The Morgan fingerprint density at radius 3 is 2.67 bits per heavy atom. The average Bonchev–Trinajstić information content (AvgIpc) is 2.51. The van der Waals surface area contributed by atoms with E-state index in [1.165, 1.54) is 0 Å². The van der Waals surface area contributed by atoms with Gasteiger partial charge in [0.05, 0.1) is 18.8 Å². The van der Waals surface area contributed by atoms with Crippen LogP contribution in [0.15, 0.2) is 36.5 Å². The van der Waals surface area contributed by atoms with Crippen LogP contribution in [0.4, 0.5) is 5.69 Å². The molecule has 0 unspecified atom stereocenters. The van der Waals surface area contributed by atoms with Gasteiger partial charge in [0, 0.05) is 24.0 Å². The fraction of sp³-hybridized carbons (Fsp3) is 0.267. The number of aryl methyl sites for hydroxylation is 1. The number of nitrogens with zero attached hydrogens (tertiary/aromatic N) is 2. The van der Waals surface area contributed by atoms with Crippen molar-refractivity contribution in [3.8, 4) is 0 Å². The first-order chi connectivity index (χ1) is 10.2. The SMILES string of the molecule is Cc1nccc(CNc2ccc(C(=O)NCCO)cc2)n1. The van der Waals surface area contributed by atoms with E-state index >= 15 is 0 Å². The molecule has 6 heteroatoms. The van der Waals surface area contributed by atoms with Crippen LogP contribution in [0.3, 0.4) is 0 Å². The lowest BCUT2D eigenvalue weighted by Gasteiger charge is -2.08. The lowest BCUT2D eigenvalue weighted by molar-refractivity contribution is 0.0945. The average molecular weight is 286 g/mol. The van der Waals surface area contributed by atoms with Gasteiger partial charge in [0.2, 0.25) is 0 Å². The van der Waals surface area contributed by atoms with Crippen molar-refractivity contribution in [2.45, 2.75) is 13.5 Å². The van der Waals surface area contributed by atoms with Crippen molar-refractivity contribution < 1.29 is 9.90 Å². The lowest BCUT2D eigenvalue weighted by Crippen LogP contribution is -2.26. The zero-order valence-corrected chi connectivity index (χ0v) is 11.8. The molecule has 0 atom stereocenters. The normalized spacial score (nSPS) is 10.2. The maximum absolute atomic E-state index is 11.7. The van der Waals surface area contributed by atoms with Crippen molar-refractivity contribution in [3.63, 3.8) is 0 Å². The highest BCUT2D eigenvalue weighted by Gasteiger charge is 2.04. The van der Waals surface area contributed by atoms with Gasteiger partial charge in [-0.1, -0.05) is 0 Å². The number of aliphatic hydroxyl groups excluding tert-OH is 1. The molecule has 110 valence electrons. The number of carbonyl (C=O) groups excluding carboxylic acids is 1. The first-order valence-corrected chi connectivity index (χ1v) is 6.70. The van der Waals surface area contributed by atoms with Crippen LogP contribution in [-0.4, -0.2) is 34.1 Å². The second kappa shape index (κ2) is 7.35. The summed E-state index contributed by atoms with van der Waals surface area (Å²) >= 11 is 0. The molecular formula is C15H18N4O2. The standard InChI is InChI=1S/C15H18N4O2/c1-11-16-7-6-14(19-11)10-18-13-4-2-12(3-5-13)15(21)17-8-9-20/h2-7,18,20H,8-10H2,1H3,(H,17,21). The second-order valence-electron chi connectivity index (χ2n) is 4.51. The molecule has 0 aliphatic rings. The molecule has 0 aliphatic carbocycles. The molecule has 0 spiro atoms. The molecule has 2 aromatic rings. The summed E-state index contributed by atoms with van der Waals surface area (Å²) in [5.74, 6) is 0.548. The topological polar surface area (TPSA) is 87.1 Å². The minimum absolute atomic E-state index is 0.0657. The summed E-state index contributed by atoms with van der Waals surface area (Å²) < 4.78 is 0. The van der Waals surface area contributed by atoms with Crippen LogP contribution in [0, 0.1) is 6.92 Å². The monoisotopic (exact) mass is 286 g/mol. The van der Waals surface area contributed by atoms with Gasteiger partial charge >= 0.3 is 0 Å². The molecular weight excluding hydrogens is 268 g/mol. The predicted octanol–water partition coefficient (Wildman–Crippen LogP) is 1.12. The summed E-state index contributed by atoms with van der Waals surface area (Å²) in [4.78, 5) is 20.0. The molecule has 1 aromatic carbocycles. The molecule has 0 saturated carbocycles. The Balaban J connectivity index is 1.92. The van der Waals surface area contributed by atoms with Gasteiger partial charge in [0.25, 0.3) is 5.91 Å². The van der Waals surface area contributed by atoms with E-state index in [1.807, 2.05) is 25.1 Å². The van der Waals surface area contributed by atoms with Gasteiger partial charge < -0.3 is 15.7 Å². The molecule has 21 heavy (non-hydrogen) atoms. The first-order valence-electron chi connectivity index (χ1n) is 6.70. The van der Waals surface area contributed by atoms with Gasteiger partial charge in [-0.25, -0.2) is 9.97 Å². The van der Waals surface area contributed by atoms with Gasteiger partial charge in [-0.2, -0.15) is 0 Å². The molecule has 3 N–H and O–H groups in total. The molecule has 0 saturated heterocycles. The van der Waals surface area contributed by atoms with Gasteiger partial charge in [-0.15, -0.1) is 0 Å². The van der Waals surface area contributed by atoms with Gasteiger partial charge in [-0.3, -0.25) is 4.79 Å². The van der Waals surface area contributed by atoms with Crippen LogP contribution in [0.5, 0.6) is 0 Å². The van der Waals surface area contributed by atoms with E-state index < -0.39 is 0 Å². The molecule has 0 aliphatic heterocycles. The number of amides is 1. The predicted molar refractivity (Wildman–Crippen MR) is 80.0 cm³/mol. The number of hydrogen-bond acceptors (Lipinski definition) is 5. The van der Waals surface area contributed by atoms with Crippen LogP contribution < -0.4 is 10.6 Å². The largest absolute Gasteiger partial charge is 0.395 e. The van der Waals surface area contributed by atoms with Crippen molar-refractivity contribution >= 4 is 11.6 Å². The Bertz CT molecular complexity index is 599. The van der Waals surface area contributed by atoms with E-state index in [-0.39, 0.29) is 19.1 Å². The third-order valence-corrected chi connectivity index (χ3v) is 2.85. The van der Waals surface area contributed by atoms with Crippen molar-refractivity contribution in [2.24, 2.45) is 0 Å². The Kier molecular flexibility index (Phi) is 5.22. The van der Waals surface area contributed by atoms with Gasteiger partial charge in [-0.05, 0) is 37.3 Å². The summed E-state index contributed by atoms with van der Waals surface area (Å²) in [5.41, 5.74) is 2.38. The van der Waals surface area contributed by atoms with E-state index in [1.54, 1.807) is 18.3 Å². The number of benzene rings is 1. The Hall–Kier alpha value is -2.47. The molecule has 0 bridgehead atoms. The summed E-state index contributed by atoms with van der Waals surface area (Å²) in [6.45, 7) is 2.64. The van der Waals surface area contributed by atoms with Crippen molar-refractivity contribution in [1.82, 2.24) is 15.3 Å². The lowest BCUT2D eigenvalue weighted by atomic mass is 10.2. The molecule has 0 radical (unpaired) electrons. The van der Waals surface area contributed by atoms with E-state index in [9.17, 15) is 4.79 Å². The number of anilines is 1. The number of aromatic nitrogens is 2. The molecule has 2 rings (SSSR count). The molecule has 1 aromatic heterocycles. The van der Waals surface area contributed by atoms with E-state index in [0.717, 1.165) is 17.2 Å². The number of nitrogens with one attached hydrogen (secondary N) is 2. The zero-order valence-electron chi connectivity index (χ0n) is 11.8. The zero-order chi connectivity index (χ0) is 15.1. The summed E-state index contributed by atoms with van der Waals surface area (Å²) in [5, 5.41) is 14.5. The highest BCUT2D eigenvalue weighted by molar-refractivity contribution is 5.94. The van der Waals surface area contributed by atoms with Gasteiger partial charge in [0.15, 0.2) is 0 Å². The second-order valence-corrected chi connectivity index (χ2v) is 4.51. The van der Waals surface area contributed by atoms with Crippen LogP contribution >= 0.6 is 0 Å². The molecule has 1 heterocycles. The highest BCUT2D eigenvalue weighted by atomic mass is 16.3. The number of rotatable bonds is 6. The van der Waals surface area contributed by atoms with E-state index in [4.69, 9.17) is 5.11 Å². The fourth-order valence-corrected chi connectivity index (χ4v) is 1.81. The third kappa shape index (κ3) is 4.54. The van der Waals surface area contributed by atoms with E-state index in [0.29, 0.717) is 12.1 Å². The third-order valence-electron chi connectivity index (χ3n) is 2.85. The molecule has 6 nitrogen and oxygen atoms in total. The van der Waals surface area contributed by atoms with Crippen molar-refractivity contribution in [2.75, 3.05) is 18.5 Å².